The van der Waals surface area contributed by atoms with Gasteiger partial charge in [-0.2, -0.15) is 0 Å². The summed E-state index contributed by atoms with van der Waals surface area (Å²) in [7, 11) is 0. The second-order valence-corrected chi connectivity index (χ2v) is 5.72. The molecular formula is C17H19NO6. The highest BCUT2D eigenvalue weighted by Gasteiger charge is 2.17. The molecule has 0 unspecified atom stereocenters. The van der Waals surface area contributed by atoms with Crippen LogP contribution >= 0.6 is 0 Å². The van der Waals surface area contributed by atoms with Crippen molar-refractivity contribution in [2.45, 2.75) is 25.4 Å². The molecule has 7 heteroatoms. The van der Waals surface area contributed by atoms with Crippen molar-refractivity contribution in [2.75, 3.05) is 19.8 Å². The first-order valence-electron chi connectivity index (χ1n) is 7.85. The number of rotatable bonds is 6. The van der Waals surface area contributed by atoms with Crippen molar-refractivity contribution in [3.63, 3.8) is 0 Å². The Morgan fingerprint density at radius 1 is 1.38 bits per heavy atom. The number of ether oxygens (including phenoxy) is 2. The minimum Gasteiger partial charge on any atom is -0.508 e. The first-order chi connectivity index (χ1) is 11.6. The Labute approximate surface area is 138 Å². The van der Waals surface area contributed by atoms with Gasteiger partial charge in [0.15, 0.2) is 6.61 Å². The third kappa shape index (κ3) is 4.05. The molecule has 1 aliphatic rings. The number of furan rings is 1. The Bertz CT molecular complexity index is 732. The summed E-state index contributed by atoms with van der Waals surface area (Å²) in [4.78, 5) is 23.5. The summed E-state index contributed by atoms with van der Waals surface area (Å²) in [6.07, 6.45) is 3.44. The van der Waals surface area contributed by atoms with Gasteiger partial charge in [-0.15, -0.1) is 0 Å². The second-order valence-electron chi connectivity index (χ2n) is 5.72. The molecule has 7 nitrogen and oxygen atoms in total. The lowest BCUT2D eigenvalue weighted by atomic mass is 10.1. The Hall–Kier alpha value is -2.54. The van der Waals surface area contributed by atoms with Crippen LogP contribution in [0.15, 0.2) is 28.9 Å². The molecule has 1 aromatic carbocycles. The summed E-state index contributed by atoms with van der Waals surface area (Å²) in [5.74, 6) is -0.771. The van der Waals surface area contributed by atoms with Gasteiger partial charge in [0.1, 0.15) is 11.3 Å². The van der Waals surface area contributed by atoms with Gasteiger partial charge in [0.25, 0.3) is 5.91 Å². The van der Waals surface area contributed by atoms with E-state index in [4.69, 9.17) is 13.9 Å². The van der Waals surface area contributed by atoms with Gasteiger partial charge in [-0.1, -0.05) is 0 Å². The van der Waals surface area contributed by atoms with Gasteiger partial charge in [-0.3, -0.25) is 9.59 Å². The zero-order chi connectivity index (χ0) is 16.9. The molecule has 1 fully saturated rings. The number of esters is 1. The largest absolute Gasteiger partial charge is 0.508 e. The number of hydrogen-bond donors (Lipinski definition) is 2. The summed E-state index contributed by atoms with van der Waals surface area (Å²) >= 11 is 0. The summed E-state index contributed by atoms with van der Waals surface area (Å²) < 4.78 is 15.7. The highest BCUT2D eigenvalue weighted by Crippen LogP contribution is 2.25. The molecule has 2 aromatic rings. The highest BCUT2D eigenvalue weighted by molar-refractivity contribution is 5.87. The second kappa shape index (κ2) is 7.35. The first-order valence-corrected chi connectivity index (χ1v) is 7.85. The van der Waals surface area contributed by atoms with E-state index < -0.39 is 5.97 Å². The first kappa shape index (κ1) is 16.3. The van der Waals surface area contributed by atoms with Gasteiger partial charge in [-0.25, -0.2) is 0 Å². The van der Waals surface area contributed by atoms with Crippen molar-refractivity contribution in [3.05, 3.63) is 30.0 Å². The number of hydrogen-bond acceptors (Lipinski definition) is 6. The fourth-order valence-corrected chi connectivity index (χ4v) is 2.65. The SMILES string of the molecule is O=C(COC(=O)Cc1coc2cc(O)ccc12)NC[C@H]1CCCO1. The summed E-state index contributed by atoms with van der Waals surface area (Å²) in [5.41, 5.74) is 1.14. The Kier molecular flexibility index (Phi) is 5.00. The maximum absolute atomic E-state index is 11.9. The Morgan fingerprint density at radius 2 is 2.25 bits per heavy atom. The minimum atomic E-state index is -0.516. The third-order valence-corrected chi connectivity index (χ3v) is 3.89. The van der Waals surface area contributed by atoms with Gasteiger partial charge in [0.05, 0.1) is 18.8 Å². The van der Waals surface area contributed by atoms with E-state index in [2.05, 4.69) is 5.32 Å². The predicted molar refractivity (Wildman–Crippen MR) is 84.5 cm³/mol. The number of phenols is 1. The van der Waals surface area contributed by atoms with E-state index in [0.29, 0.717) is 17.7 Å². The summed E-state index contributed by atoms with van der Waals surface area (Å²) in [5, 5.41) is 12.8. The molecule has 1 saturated heterocycles. The van der Waals surface area contributed by atoms with Gasteiger partial charge in [0, 0.05) is 30.2 Å². The van der Waals surface area contributed by atoms with Crippen LogP contribution in [0.25, 0.3) is 11.0 Å². The lowest BCUT2D eigenvalue weighted by Gasteiger charge is -2.10. The number of carbonyl (C=O) groups excluding carboxylic acids is 2. The van der Waals surface area contributed by atoms with Crippen LogP contribution in [0, 0.1) is 0 Å². The number of aromatic hydroxyl groups is 1. The van der Waals surface area contributed by atoms with Crippen LogP contribution in [0.3, 0.4) is 0 Å². The molecule has 0 saturated carbocycles. The highest BCUT2D eigenvalue weighted by atomic mass is 16.5. The number of benzene rings is 1. The van der Waals surface area contributed by atoms with E-state index in [1.807, 2.05) is 0 Å². The van der Waals surface area contributed by atoms with Gasteiger partial charge in [0.2, 0.25) is 0 Å². The average Bonchev–Trinajstić information content (AvgIpc) is 3.21. The molecule has 24 heavy (non-hydrogen) atoms. The maximum atomic E-state index is 11.9. The fraction of sp³-hybridized carbons (Fsp3) is 0.412. The van der Waals surface area contributed by atoms with E-state index in [-0.39, 0.29) is 30.8 Å². The van der Waals surface area contributed by atoms with Crippen LogP contribution in [-0.2, 0) is 25.5 Å². The van der Waals surface area contributed by atoms with E-state index in [1.165, 1.54) is 18.4 Å². The molecule has 1 aromatic heterocycles. The molecule has 2 heterocycles. The van der Waals surface area contributed by atoms with Crippen LogP contribution in [-0.4, -0.2) is 42.8 Å². The van der Waals surface area contributed by atoms with E-state index >= 15 is 0 Å². The van der Waals surface area contributed by atoms with E-state index in [0.717, 1.165) is 24.8 Å². The van der Waals surface area contributed by atoms with Crippen LogP contribution in [0.2, 0.25) is 0 Å². The topological polar surface area (TPSA) is 98.0 Å². The lowest BCUT2D eigenvalue weighted by Crippen LogP contribution is -2.35. The van der Waals surface area contributed by atoms with Crippen molar-refractivity contribution in [2.24, 2.45) is 0 Å². The Balaban J connectivity index is 1.45. The molecule has 0 radical (unpaired) electrons. The Morgan fingerprint density at radius 3 is 3.04 bits per heavy atom. The molecule has 2 N–H and O–H groups in total. The number of nitrogens with one attached hydrogen (secondary N) is 1. The number of amides is 1. The van der Waals surface area contributed by atoms with E-state index in [9.17, 15) is 14.7 Å². The molecule has 1 atom stereocenters. The van der Waals surface area contributed by atoms with Crippen LogP contribution in [0.4, 0.5) is 0 Å². The molecule has 1 amide bonds. The van der Waals surface area contributed by atoms with Gasteiger partial charge < -0.3 is 24.3 Å². The van der Waals surface area contributed by atoms with Gasteiger partial charge >= 0.3 is 5.97 Å². The van der Waals surface area contributed by atoms with E-state index in [1.54, 1.807) is 6.07 Å². The smallest absolute Gasteiger partial charge is 0.310 e. The van der Waals surface area contributed by atoms with Crippen molar-refractivity contribution < 1.29 is 28.6 Å². The molecule has 0 aliphatic carbocycles. The van der Waals surface area contributed by atoms with Crippen LogP contribution in [0.1, 0.15) is 18.4 Å². The van der Waals surface area contributed by atoms with Crippen LogP contribution < -0.4 is 5.32 Å². The van der Waals surface area contributed by atoms with Crippen LogP contribution in [0.5, 0.6) is 5.75 Å². The quantitative estimate of drug-likeness (QED) is 0.778. The molecule has 1 aliphatic heterocycles. The zero-order valence-corrected chi connectivity index (χ0v) is 13.1. The van der Waals surface area contributed by atoms with Crippen molar-refractivity contribution in [1.29, 1.82) is 0 Å². The predicted octanol–water partition coefficient (Wildman–Crippen LogP) is 1.52. The molecule has 0 bridgehead atoms. The number of phenolic OH excluding ortho intramolecular Hbond substituents is 1. The summed E-state index contributed by atoms with van der Waals surface area (Å²) in [6.45, 7) is 0.848. The third-order valence-electron chi connectivity index (χ3n) is 3.89. The molecule has 3 rings (SSSR count). The van der Waals surface area contributed by atoms with Crippen molar-refractivity contribution in [3.8, 4) is 5.75 Å². The average molecular weight is 333 g/mol. The molecule has 128 valence electrons. The minimum absolute atomic E-state index is 0.00318. The van der Waals surface area contributed by atoms with Crippen molar-refractivity contribution in [1.82, 2.24) is 5.32 Å². The summed E-state index contributed by atoms with van der Waals surface area (Å²) in [6, 6.07) is 4.67. The van der Waals surface area contributed by atoms with Gasteiger partial charge in [-0.05, 0) is 25.0 Å². The normalized spacial score (nSPS) is 17.1. The maximum Gasteiger partial charge on any atom is 0.310 e. The lowest BCUT2D eigenvalue weighted by molar-refractivity contribution is -0.148. The van der Waals surface area contributed by atoms with Crippen molar-refractivity contribution >= 4 is 22.8 Å². The zero-order valence-electron chi connectivity index (χ0n) is 13.1. The monoisotopic (exact) mass is 333 g/mol. The number of fused-ring (bicyclic) bond motifs is 1. The number of carbonyl (C=O) groups is 2. The molecular weight excluding hydrogens is 314 g/mol. The fourth-order valence-electron chi connectivity index (χ4n) is 2.65. The molecule has 0 spiro atoms. The standard InChI is InChI=1S/C17H19NO6/c19-12-3-4-14-11(9-23-15(14)7-12)6-17(21)24-10-16(20)18-8-13-2-1-5-22-13/h3-4,7,9,13,19H,1-2,5-6,8,10H2,(H,18,20)/t13-/m1/s1.